The Hall–Kier alpha value is -2.23. The van der Waals surface area contributed by atoms with E-state index in [0.717, 1.165) is 0 Å². The molecule has 1 N–H and O–H groups in total. The SMILES string of the molecule is CC(=O)N1CCN(c2ccc(C(=O)NC3CCS(=O)(=O)C3)nn2)CC1. The molecule has 9 nitrogen and oxygen atoms in total. The van der Waals surface area contributed by atoms with Crippen LogP contribution >= 0.6 is 0 Å². The highest BCUT2D eigenvalue weighted by Crippen LogP contribution is 2.14. The number of rotatable bonds is 3. The topological polar surface area (TPSA) is 113 Å². The molecule has 2 amide bonds. The highest BCUT2D eigenvalue weighted by atomic mass is 32.2. The molecule has 2 aliphatic rings. The van der Waals surface area contributed by atoms with Crippen molar-refractivity contribution in [3.8, 4) is 0 Å². The molecule has 0 aromatic carbocycles. The predicted octanol–water partition coefficient (Wildman–Crippen LogP) is -0.938. The summed E-state index contributed by atoms with van der Waals surface area (Å²) in [5.74, 6) is 0.386. The van der Waals surface area contributed by atoms with Crippen molar-refractivity contribution in [3.05, 3.63) is 17.8 Å². The lowest BCUT2D eigenvalue weighted by molar-refractivity contribution is -0.129. The fraction of sp³-hybridized carbons (Fsp3) is 0.600. The quantitative estimate of drug-likeness (QED) is 0.734. The molecule has 2 fully saturated rings. The van der Waals surface area contributed by atoms with Gasteiger partial charge < -0.3 is 15.1 Å². The molecule has 0 aliphatic carbocycles. The normalized spacial score (nSPS) is 22.7. The van der Waals surface area contributed by atoms with E-state index >= 15 is 0 Å². The average Bonchev–Trinajstić information content (AvgIpc) is 2.93. The van der Waals surface area contributed by atoms with Gasteiger partial charge >= 0.3 is 0 Å². The minimum atomic E-state index is -3.04. The molecule has 1 aromatic rings. The van der Waals surface area contributed by atoms with Crippen molar-refractivity contribution < 1.29 is 18.0 Å². The van der Waals surface area contributed by atoms with E-state index in [1.165, 1.54) is 0 Å². The van der Waals surface area contributed by atoms with Gasteiger partial charge in [0.25, 0.3) is 5.91 Å². The van der Waals surface area contributed by atoms with Gasteiger partial charge in [0.1, 0.15) is 0 Å². The first-order valence-corrected chi connectivity index (χ1v) is 10.0. The van der Waals surface area contributed by atoms with Crippen LogP contribution in [0.25, 0.3) is 0 Å². The number of nitrogens with one attached hydrogen (secondary N) is 1. The van der Waals surface area contributed by atoms with Crippen molar-refractivity contribution in [2.75, 3.05) is 42.6 Å². The molecule has 0 radical (unpaired) electrons. The van der Waals surface area contributed by atoms with E-state index in [0.29, 0.717) is 38.4 Å². The Kier molecular flexibility index (Phi) is 4.89. The number of piperazine rings is 1. The number of carbonyl (C=O) groups is 2. The Bertz CT molecular complexity index is 757. The maximum atomic E-state index is 12.2. The van der Waals surface area contributed by atoms with Crippen molar-refractivity contribution >= 4 is 27.5 Å². The van der Waals surface area contributed by atoms with Crippen LogP contribution in [0.3, 0.4) is 0 Å². The zero-order valence-corrected chi connectivity index (χ0v) is 14.8. The van der Waals surface area contributed by atoms with Crippen molar-refractivity contribution in [2.45, 2.75) is 19.4 Å². The predicted molar refractivity (Wildman–Crippen MR) is 91.0 cm³/mol. The van der Waals surface area contributed by atoms with E-state index in [1.54, 1.807) is 24.0 Å². The van der Waals surface area contributed by atoms with Gasteiger partial charge in [-0.2, -0.15) is 0 Å². The molecule has 1 atom stereocenters. The number of carbonyl (C=O) groups excluding carboxylic acids is 2. The Morgan fingerprint density at radius 2 is 1.88 bits per heavy atom. The molecule has 0 saturated carbocycles. The summed E-state index contributed by atoms with van der Waals surface area (Å²) in [4.78, 5) is 27.3. The lowest BCUT2D eigenvalue weighted by Crippen LogP contribution is -2.48. The summed E-state index contributed by atoms with van der Waals surface area (Å²) in [5, 5.41) is 10.7. The second-order valence-electron chi connectivity index (χ2n) is 6.34. The van der Waals surface area contributed by atoms with E-state index in [2.05, 4.69) is 15.5 Å². The number of sulfone groups is 1. The fourth-order valence-corrected chi connectivity index (χ4v) is 4.71. The Morgan fingerprint density at radius 1 is 1.16 bits per heavy atom. The van der Waals surface area contributed by atoms with E-state index in [9.17, 15) is 18.0 Å². The van der Waals surface area contributed by atoms with Crippen LogP contribution in [0.4, 0.5) is 5.82 Å². The maximum absolute atomic E-state index is 12.2. The van der Waals surface area contributed by atoms with Crippen LogP contribution in [0.2, 0.25) is 0 Å². The standard InChI is InChI=1S/C15H21N5O4S/c1-11(21)19-5-7-20(8-6-19)14-3-2-13(17-18-14)15(22)16-12-4-9-25(23,24)10-12/h2-3,12H,4-10H2,1H3,(H,16,22). The highest BCUT2D eigenvalue weighted by molar-refractivity contribution is 7.91. The number of nitrogens with zero attached hydrogens (tertiary/aromatic N) is 4. The molecule has 1 unspecified atom stereocenters. The second kappa shape index (κ2) is 6.95. The largest absolute Gasteiger partial charge is 0.352 e. The first-order valence-electron chi connectivity index (χ1n) is 8.19. The van der Waals surface area contributed by atoms with Crippen LogP contribution in [0.5, 0.6) is 0 Å². The van der Waals surface area contributed by atoms with Crippen LogP contribution in [-0.4, -0.2) is 79.1 Å². The molecule has 10 heteroatoms. The number of aromatic nitrogens is 2. The molecular formula is C15H21N5O4S. The van der Waals surface area contributed by atoms with Crippen molar-refractivity contribution in [2.24, 2.45) is 0 Å². The molecule has 2 saturated heterocycles. The molecule has 136 valence electrons. The summed E-state index contributed by atoms with van der Waals surface area (Å²) in [6, 6.07) is 2.94. The minimum Gasteiger partial charge on any atom is -0.352 e. The van der Waals surface area contributed by atoms with Crippen LogP contribution in [0, 0.1) is 0 Å². The van der Waals surface area contributed by atoms with Gasteiger partial charge in [0.2, 0.25) is 5.91 Å². The summed E-state index contributed by atoms with van der Waals surface area (Å²) in [6.07, 6.45) is 0.431. The third kappa shape index (κ3) is 4.25. The van der Waals surface area contributed by atoms with E-state index in [4.69, 9.17) is 0 Å². The minimum absolute atomic E-state index is 0.0231. The molecule has 1 aromatic heterocycles. The van der Waals surface area contributed by atoms with Crippen LogP contribution < -0.4 is 10.2 Å². The summed E-state index contributed by atoms with van der Waals surface area (Å²) >= 11 is 0. The first-order chi connectivity index (χ1) is 11.8. The van der Waals surface area contributed by atoms with Gasteiger partial charge in [0.05, 0.1) is 11.5 Å². The number of hydrogen-bond acceptors (Lipinski definition) is 7. The summed E-state index contributed by atoms with van der Waals surface area (Å²) < 4.78 is 22.9. The molecule has 3 heterocycles. The highest BCUT2D eigenvalue weighted by Gasteiger charge is 2.29. The van der Waals surface area contributed by atoms with Gasteiger partial charge in [0, 0.05) is 39.1 Å². The zero-order chi connectivity index (χ0) is 18.0. The third-order valence-corrected chi connectivity index (χ3v) is 6.27. The third-order valence-electron chi connectivity index (χ3n) is 4.50. The van der Waals surface area contributed by atoms with Crippen LogP contribution in [0.15, 0.2) is 12.1 Å². The number of hydrogen-bond donors (Lipinski definition) is 1. The first kappa shape index (κ1) is 17.6. The number of anilines is 1. The van der Waals surface area contributed by atoms with Gasteiger partial charge in [-0.15, -0.1) is 10.2 Å². The molecular weight excluding hydrogens is 346 g/mol. The monoisotopic (exact) mass is 367 g/mol. The summed E-state index contributed by atoms with van der Waals surface area (Å²) in [6.45, 7) is 4.16. The van der Waals surface area contributed by atoms with E-state index in [1.807, 2.05) is 4.90 Å². The Balaban J connectivity index is 1.57. The van der Waals surface area contributed by atoms with Crippen molar-refractivity contribution in [1.29, 1.82) is 0 Å². The van der Waals surface area contributed by atoms with Gasteiger partial charge in [-0.05, 0) is 18.6 Å². The maximum Gasteiger partial charge on any atom is 0.272 e. The lowest BCUT2D eigenvalue weighted by Gasteiger charge is -2.34. The molecule has 3 rings (SSSR count). The Labute approximate surface area is 146 Å². The van der Waals surface area contributed by atoms with Crippen LogP contribution in [0.1, 0.15) is 23.8 Å². The van der Waals surface area contributed by atoms with Crippen molar-refractivity contribution in [3.63, 3.8) is 0 Å². The molecule has 2 aliphatic heterocycles. The van der Waals surface area contributed by atoms with E-state index in [-0.39, 0.29) is 29.1 Å². The molecule has 0 bridgehead atoms. The van der Waals surface area contributed by atoms with E-state index < -0.39 is 15.7 Å². The Morgan fingerprint density at radius 3 is 2.40 bits per heavy atom. The second-order valence-corrected chi connectivity index (χ2v) is 8.57. The average molecular weight is 367 g/mol. The van der Waals surface area contributed by atoms with Gasteiger partial charge in [0.15, 0.2) is 21.3 Å². The molecule has 0 spiro atoms. The zero-order valence-electron chi connectivity index (χ0n) is 14.0. The van der Waals surface area contributed by atoms with Gasteiger partial charge in [-0.1, -0.05) is 0 Å². The van der Waals surface area contributed by atoms with Gasteiger partial charge in [-0.3, -0.25) is 9.59 Å². The summed E-state index contributed by atoms with van der Waals surface area (Å²) in [7, 11) is -3.04. The number of amides is 2. The summed E-state index contributed by atoms with van der Waals surface area (Å²) in [5.41, 5.74) is 0.162. The lowest BCUT2D eigenvalue weighted by atomic mass is 10.2. The smallest absolute Gasteiger partial charge is 0.272 e. The fourth-order valence-electron chi connectivity index (χ4n) is 3.03. The van der Waals surface area contributed by atoms with Gasteiger partial charge in [-0.25, -0.2) is 8.42 Å². The molecule has 25 heavy (non-hydrogen) atoms. The van der Waals surface area contributed by atoms with Crippen LogP contribution in [-0.2, 0) is 14.6 Å². The van der Waals surface area contributed by atoms with Crippen molar-refractivity contribution in [1.82, 2.24) is 20.4 Å².